The second-order valence-corrected chi connectivity index (χ2v) is 7.92. The van der Waals surface area contributed by atoms with Crippen LogP contribution in [0.25, 0.3) is 0 Å². The molecule has 4 rings (SSSR count). The van der Waals surface area contributed by atoms with E-state index in [1.54, 1.807) is 0 Å². The lowest BCUT2D eigenvalue weighted by molar-refractivity contribution is -0.148. The van der Waals surface area contributed by atoms with Gasteiger partial charge in [-0.05, 0) is 37.6 Å². The smallest absolute Gasteiger partial charge is 0.257 e. The van der Waals surface area contributed by atoms with Gasteiger partial charge >= 0.3 is 0 Å². The minimum Gasteiger partial charge on any atom is -0.497 e. The second kappa shape index (κ2) is 7.66. The van der Waals surface area contributed by atoms with Gasteiger partial charge in [0, 0.05) is 37.7 Å². The molecule has 28 heavy (non-hydrogen) atoms. The van der Waals surface area contributed by atoms with Crippen molar-refractivity contribution in [2.24, 2.45) is 11.8 Å². The van der Waals surface area contributed by atoms with E-state index < -0.39 is 23.1 Å². The molecular formula is C20H25F2N3O3. The maximum atomic E-state index is 14.2. The Hall–Kier alpha value is -2.22. The Balaban J connectivity index is 1.52. The lowest BCUT2D eigenvalue weighted by Gasteiger charge is -2.54. The summed E-state index contributed by atoms with van der Waals surface area (Å²) in [6.07, 6.45) is 3.39. The third-order valence-corrected chi connectivity index (χ3v) is 6.35. The lowest BCUT2D eigenvalue weighted by atomic mass is 9.72. The molecule has 1 aromatic rings. The highest BCUT2D eigenvalue weighted by atomic mass is 19.1. The highest BCUT2D eigenvalue weighted by Crippen LogP contribution is 2.39. The summed E-state index contributed by atoms with van der Waals surface area (Å²) < 4.78 is 33.2. The molecule has 0 unspecified atom stereocenters. The van der Waals surface area contributed by atoms with Crippen LogP contribution in [0, 0.1) is 23.5 Å². The third-order valence-electron chi connectivity index (χ3n) is 6.35. The molecule has 3 aliphatic heterocycles. The number of nitrogens with zero attached hydrogens (tertiary/aromatic N) is 1. The first-order valence-corrected chi connectivity index (χ1v) is 9.82. The summed E-state index contributed by atoms with van der Waals surface area (Å²) in [6, 6.07) is 1.99. The van der Waals surface area contributed by atoms with E-state index in [9.17, 15) is 18.4 Å². The molecule has 8 heteroatoms. The summed E-state index contributed by atoms with van der Waals surface area (Å²) in [5, 5.41) is 6.09. The molecule has 6 nitrogen and oxygen atoms in total. The number of benzene rings is 1. The van der Waals surface area contributed by atoms with E-state index in [2.05, 4.69) is 10.6 Å². The zero-order chi connectivity index (χ0) is 19.8. The number of methoxy groups -OCH3 is 1. The first-order valence-electron chi connectivity index (χ1n) is 9.82. The van der Waals surface area contributed by atoms with Crippen LogP contribution in [0.2, 0.25) is 0 Å². The van der Waals surface area contributed by atoms with Gasteiger partial charge in [0.15, 0.2) is 0 Å². The Bertz CT molecular complexity index is 765. The van der Waals surface area contributed by atoms with Crippen LogP contribution in [-0.2, 0) is 4.79 Å². The molecule has 2 amide bonds. The van der Waals surface area contributed by atoms with Crippen LogP contribution in [0.3, 0.4) is 0 Å². The van der Waals surface area contributed by atoms with Crippen LogP contribution in [0.5, 0.6) is 5.75 Å². The van der Waals surface area contributed by atoms with Crippen molar-refractivity contribution >= 4 is 11.8 Å². The molecule has 1 aromatic carbocycles. The summed E-state index contributed by atoms with van der Waals surface area (Å²) in [4.78, 5) is 27.1. The maximum Gasteiger partial charge on any atom is 0.257 e. The predicted octanol–water partition coefficient (Wildman–Crippen LogP) is 1.69. The Morgan fingerprint density at radius 2 is 2.00 bits per heavy atom. The van der Waals surface area contributed by atoms with Crippen molar-refractivity contribution in [3.05, 3.63) is 29.3 Å². The van der Waals surface area contributed by atoms with Gasteiger partial charge in [0.2, 0.25) is 5.91 Å². The van der Waals surface area contributed by atoms with Crippen molar-refractivity contribution in [2.75, 3.05) is 26.7 Å². The molecule has 2 N–H and O–H groups in total. The van der Waals surface area contributed by atoms with E-state index in [0.29, 0.717) is 12.3 Å². The Labute approximate surface area is 162 Å². The van der Waals surface area contributed by atoms with Crippen LogP contribution in [-0.4, -0.2) is 55.5 Å². The molecule has 0 aliphatic carbocycles. The van der Waals surface area contributed by atoms with Gasteiger partial charge in [-0.25, -0.2) is 8.78 Å². The minimum atomic E-state index is -0.968. The molecule has 2 bridgehead atoms. The van der Waals surface area contributed by atoms with Crippen molar-refractivity contribution in [1.82, 2.24) is 15.5 Å². The minimum absolute atomic E-state index is 0.0138. The molecule has 0 saturated carbocycles. The summed E-state index contributed by atoms with van der Waals surface area (Å²) >= 11 is 0. The van der Waals surface area contributed by atoms with Gasteiger partial charge in [-0.3, -0.25) is 9.59 Å². The highest BCUT2D eigenvalue weighted by molar-refractivity contribution is 5.95. The highest BCUT2D eigenvalue weighted by Gasteiger charge is 2.47. The molecule has 0 spiro atoms. The fraction of sp³-hybridized carbons (Fsp3) is 0.600. The molecule has 3 heterocycles. The molecule has 152 valence electrons. The van der Waals surface area contributed by atoms with Crippen LogP contribution in [0.15, 0.2) is 12.1 Å². The molecule has 0 aromatic heterocycles. The van der Waals surface area contributed by atoms with Gasteiger partial charge in [-0.2, -0.15) is 0 Å². The molecule has 4 atom stereocenters. The van der Waals surface area contributed by atoms with Crippen molar-refractivity contribution in [2.45, 2.75) is 37.8 Å². The number of nitrogens with one attached hydrogen (secondary N) is 2. The summed E-state index contributed by atoms with van der Waals surface area (Å²) in [5.41, 5.74) is -0.627. The molecular weight excluding hydrogens is 368 g/mol. The average molecular weight is 393 g/mol. The van der Waals surface area contributed by atoms with E-state index in [-0.39, 0.29) is 36.2 Å². The molecule has 3 fully saturated rings. The number of halogens is 2. The maximum absolute atomic E-state index is 14.2. The number of fused-ring (bicyclic) bond motifs is 4. The Morgan fingerprint density at radius 3 is 2.71 bits per heavy atom. The van der Waals surface area contributed by atoms with E-state index in [4.69, 9.17) is 4.74 Å². The quantitative estimate of drug-likeness (QED) is 0.817. The van der Waals surface area contributed by atoms with Gasteiger partial charge < -0.3 is 20.3 Å². The number of hydrogen-bond acceptors (Lipinski definition) is 4. The standard InChI is InChI=1S/C20H25F2N3O3/c1-28-13-6-14(21)19(15(22)7-13)20(27)24-10-17-12-5-11(8-23-9-12)16-3-2-4-18(26)25(16)17/h6-7,11-12,16-17,23H,2-5,8-10H2,1H3,(H,24,27)/t11-,12+,16+,17+/m1/s1. The average Bonchev–Trinajstić information content (AvgIpc) is 2.68. The van der Waals surface area contributed by atoms with Crippen LogP contribution < -0.4 is 15.4 Å². The van der Waals surface area contributed by atoms with E-state index in [0.717, 1.165) is 44.5 Å². The number of carbonyl (C=O) groups excluding carboxylic acids is 2. The van der Waals surface area contributed by atoms with Crippen molar-refractivity contribution in [3.63, 3.8) is 0 Å². The summed E-state index contributed by atoms with van der Waals surface area (Å²) in [5.74, 6) is -1.96. The van der Waals surface area contributed by atoms with Gasteiger partial charge in [-0.1, -0.05) is 0 Å². The Kier molecular flexibility index (Phi) is 5.23. The molecule has 3 saturated heterocycles. The second-order valence-electron chi connectivity index (χ2n) is 7.92. The zero-order valence-corrected chi connectivity index (χ0v) is 15.8. The normalized spacial score (nSPS) is 29.2. The first-order chi connectivity index (χ1) is 13.5. The SMILES string of the molecule is COc1cc(F)c(C(=O)NC[C@H]2[C@@H]3CNC[C@@H](C3)[C@@H]3CCCC(=O)N32)c(F)c1. The largest absolute Gasteiger partial charge is 0.497 e. The lowest BCUT2D eigenvalue weighted by Crippen LogP contribution is -2.66. The van der Waals surface area contributed by atoms with Gasteiger partial charge in [-0.15, -0.1) is 0 Å². The number of piperidine rings is 3. The predicted molar refractivity (Wildman–Crippen MR) is 98.0 cm³/mol. The van der Waals surface area contributed by atoms with Gasteiger partial charge in [0.1, 0.15) is 22.9 Å². The summed E-state index contributed by atoms with van der Waals surface area (Å²) in [7, 11) is 1.30. The van der Waals surface area contributed by atoms with E-state index >= 15 is 0 Å². The monoisotopic (exact) mass is 393 g/mol. The van der Waals surface area contributed by atoms with Gasteiger partial charge in [0.25, 0.3) is 5.91 Å². The summed E-state index contributed by atoms with van der Waals surface area (Å²) in [6.45, 7) is 1.87. The van der Waals surface area contributed by atoms with Crippen LogP contribution in [0.4, 0.5) is 8.78 Å². The number of ether oxygens (including phenoxy) is 1. The van der Waals surface area contributed by atoms with E-state index in [1.807, 2.05) is 4.90 Å². The number of rotatable bonds is 4. The first kappa shape index (κ1) is 19.1. The van der Waals surface area contributed by atoms with Crippen molar-refractivity contribution in [1.29, 1.82) is 0 Å². The number of amides is 2. The molecule has 3 aliphatic rings. The fourth-order valence-corrected chi connectivity index (χ4v) is 5.07. The van der Waals surface area contributed by atoms with Crippen molar-refractivity contribution < 1.29 is 23.1 Å². The van der Waals surface area contributed by atoms with Crippen LogP contribution in [0.1, 0.15) is 36.0 Å². The fourth-order valence-electron chi connectivity index (χ4n) is 5.07. The Morgan fingerprint density at radius 1 is 1.29 bits per heavy atom. The topological polar surface area (TPSA) is 70.7 Å². The van der Waals surface area contributed by atoms with Gasteiger partial charge in [0.05, 0.1) is 13.2 Å². The number of carbonyl (C=O) groups is 2. The van der Waals surface area contributed by atoms with Crippen LogP contribution >= 0.6 is 0 Å². The zero-order valence-electron chi connectivity index (χ0n) is 15.8. The number of hydrogen-bond donors (Lipinski definition) is 2. The van der Waals surface area contributed by atoms with E-state index in [1.165, 1.54) is 7.11 Å². The van der Waals surface area contributed by atoms with Crippen molar-refractivity contribution in [3.8, 4) is 5.75 Å². The third kappa shape index (κ3) is 3.34. The molecule has 0 radical (unpaired) electrons.